The highest BCUT2D eigenvalue weighted by Gasteiger charge is 2.12. The Morgan fingerprint density at radius 2 is 1.62 bits per heavy atom. The van der Waals surface area contributed by atoms with Gasteiger partial charge in [-0.05, 0) is 36.0 Å². The molecule has 1 N–H and O–H groups in total. The molecular formula is C22H31NO. The van der Waals surface area contributed by atoms with Crippen LogP contribution in [0.3, 0.4) is 0 Å². The molecule has 0 saturated carbocycles. The van der Waals surface area contributed by atoms with Gasteiger partial charge in [-0.2, -0.15) is 0 Å². The second-order valence-electron chi connectivity index (χ2n) is 7.49. The van der Waals surface area contributed by atoms with Crippen LogP contribution in [0.15, 0.2) is 48.5 Å². The van der Waals surface area contributed by atoms with Gasteiger partial charge < -0.3 is 10.1 Å². The fraction of sp³-hybridized carbons (Fsp3) is 0.455. The summed E-state index contributed by atoms with van der Waals surface area (Å²) in [4.78, 5) is 0. The average Bonchev–Trinajstić information content (AvgIpc) is 2.56. The summed E-state index contributed by atoms with van der Waals surface area (Å²) in [5, 5.41) is 3.53. The molecule has 0 spiro atoms. The molecule has 2 aromatic carbocycles. The van der Waals surface area contributed by atoms with Crippen molar-refractivity contribution in [3.05, 3.63) is 65.2 Å². The molecule has 0 aliphatic rings. The summed E-state index contributed by atoms with van der Waals surface area (Å²) < 4.78 is 6.01. The minimum atomic E-state index is 0.207. The Morgan fingerprint density at radius 3 is 2.25 bits per heavy atom. The van der Waals surface area contributed by atoms with Gasteiger partial charge in [0.05, 0.1) is 6.10 Å². The van der Waals surface area contributed by atoms with E-state index >= 15 is 0 Å². The molecule has 2 heteroatoms. The summed E-state index contributed by atoms with van der Waals surface area (Å²) in [6, 6.07) is 17.2. The van der Waals surface area contributed by atoms with E-state index in [2.05, 4.69) is 82.4 Å². The molecule has 0 amide bonds. The summed E-state index contributed by atoms with van der Waals surface area (Å²) in [6.45, 7) is 12.7. The lowest BCUT2D eigenvalue weighted by atomic mass is 9.87. The third kappa shape index (κ3) is 5.38. The van der Waals surface area contributed by atoms with Crippen LogP contribution in [-0.4, -0.2) is 6.10 Å². The van der Waals surface area contributed by atoms with Crippen molar-refractivity contribution >= 4 is 0 Å². The molecule has 1 atom stereocenters. The highest BCUT2D eigenvalue weighted by molar-refractivity contribution is 5.33. The smallest absolute Gasteiger partial charge is 0.124 e. The summed E-state index contributed by atoms with van der Waals surface area (Å²) in [7, 11) is 0. The van der Waals surface area contributed by atoms with Crippen LogP contribution in [0.5, 0.6) is 5.75 Å². The molecule has 0 radical (unpaired) electrons. The SMILES string of the molecule is CCC(C)Oc1ccccc1CNCc1ccc(C(C)(C)C)cc1. The van der Waals surface area contributed by atoms with E-state index in [9.17, 15) is 0 Å². The first kappa shape index (κ1) is 18.5. The molecule has 2 aromatic rings. The van der Waals surface area contributed by atoms with E-state index in [4.69, 9.17) is 4.74 Å². The first-order valence-corrected chi connectivity index (χ1v) is 8.95. The molecule has 2 nitrogen and oxygen atoms in total. The van der Waals surface area contributed by atoms with Crippen molar-refractivity contribution in [3.63, 3.8) is 0 Å². The van der Waals surface area contributed by atoms with Crippen molar-refractivity contribution in [2.45, 2.75) is 65.6 Å². The molecule has 0 fully saturated rings. The molecule has 0 saturated heterocycles. The Morgan fingerprint density at radius 1 is 0.958 bits per heavy atom. The van der Waals surface area contributed by atoms with Gasteiger partial charge in [-0.1, -0.05) is 70.2 Å². The van der Waals surface area contributed by atoms with Crippen molar-refractivity contribution in [2.24, 2.45) is 0 Å². The van der Waals surface area contributed by atoms with Crippen molar-refractivity contribution in [2.75, 3.05) is 0 Å². The Hall–Kier alpha value is -1.80. The number of benzene rings is 2. The topological polar surface area (TPSA) is 21.3 Å². The van der Waals surface area contributed by atoms with E-state index in [0.717, 1.165) is 25.3 Å². The Bertz CT molecular complexity index is 625. The summed E-state index contributed by atoms with van der Waals surface area (Å²) in [5.74, 6) is 0.988. The second-order valence-corrected chi connectivity index (χ2v) is 7.49. The number of nitrogens with one attached hydrogen (secondary N) is 1. The van der Waals surface area contributed by atoms with E-state index in [1.807, 2.05) is 6.07 Å². The van der Waals surface area contributed by atoms with Gasteiger partial charge in [-0.15, -0.1) is 0 Å². The van der Waals surface area contributed by atoms with Crippen molar-refractivity contribution in [3.8, 4) is 5.75 Å². The molecule has 130 valence electrons. The van der Waals surface area contributed by atoms with Crippen molar-refractivity contribution in [1.29, 1.82) is 0 Å². The maximum Gasteiger partial charge on any atom is 0.124 e. The highest BCUT2D eigenvalue weighted by Crippen LogP contribution is 2.22. The van der Waals surface area contributed by atoms with Gasteiger partial charge in [-0.3, -0.25) is 0 Å². The Kier molecular flexibility index (Phi) is 6.44. The predicted octanol–water partition coefficient (Wildman–Crippen LogP) is 5.45. The molecule has 1 unspecified atom stereocenters. The van der Waals surface area contributed by atoms with Crippen LogP contribution in [0.25, 0.3) is 0 Å². The fourth-order valence-electron chi connectivity index (χ4n) is 2.53. The van der Waals surface area contributed by atoms with E-state index in [1.54, 1.807) is 0 Å². The standard InChI is InChI=1S/C22H31NO/c1-6-17(2)24-21-10-8-7-9-19(21)16-23-15-18-11-13-20(14-12-18)22(3,4)5/h7-14,17,23H,6,15-16H2,1-5H3. The van der Waals surface area contributed by atoms with Gasteiger partial charge >= 0.3 is 0 Å². The largest absolute Gasteiger partial charge is 0.490 e. The lowest BCUT2D eigenvalue weighted by Crippen LogP contribution is -2.16. The number of para-hydroxylation sites is 1. The second kappa shape index (κ2) is 8.34. The van der Waals surface area contributed by atoms with Gasteiger partial charge in [0, 0.05) is 18.7 Å². The first-order chi connectivity index (χ1) is 11.4. The normalized spacial score (nSPS) is 12.9. The van der Waals surface area contributed by atoms with Crippen LogP contribution in [0.4, 0.5) is 0 Å². The Balaban J connectivity index is 1.92. The zero-order valence-electron chi connectivity index (χ0n) is 15.7. The Labute approximate surface area is 147 Å². The molecular weight excluding hydrogens is 294 g/mol. The number of ether oxygens (including phenoxy) is 1. The molecule has 24 heavy (non-hydrogen) atoms. The minimum Gasteiger partial charge on any atom is -0.490 e. The summed E-state index contributed by atoms with van der Waals surface area (Å²) >= 11 is 0. The van der Waals surface area contributed by atoms with Crippen molar-refractivity contribution in [1.82, 2.24) is 5.32 Å². The summed E-state index contributed by atoms with van der Waals surface area (Å²) in [5.41, 5.74) is 4.10. The van der Waals surface area contributed by atoms with Crippen LogP contribution in [0, 0.1) is 0 Å². The first-order valence-electron chi connectivity index (χ1n) is 8.95. The molecule has 2 rings (SSSR count). The molecule has 0 bridgehead atoms. The van der Waals surface area contributed by atoms with E-state index in [0.29, 0.717) is 0 Å². The van der Waals surface area contributed by atoms with Crippen LogP contribution < -0.4 is 10.1 Å². The molecule has 0 aliphatic carbocycles. The van der Waals surface area contributed by atoms with E-state index < -0.39 is 0 Å². The maximum atomic E-state index is 6.01. The van der Waals surface area contributed by atoms with Crippen LogP contribution in [-0.2, 0) is 18.5 Å². The average molecular weight is 325 g/mol. The zero-order valence-corrected chi connectivity index (χ0v) is 15.7. The molecule has 0 aromatic heterocycles. The van der Waals surface area contributed by atoms with Gasteiger partial charge in [-0.25, -0.2) is 0 Å². The van der Waals surface area contributed by atoms with Crippen molar-refractivity contribution < 1.29 is 4.74 Å². The van der Waals surface area contributed by atoms with Crippen LogP contribution >= 0.6 is 0 Å². The van der Waals surface area contributed by atoms with Gasteiger partial charge in [0.25, 0.3) is 0 Å². The lowest BCUT2D eigenvalue weighted by molar-refractivity contribution is 0.215. The fourth-order valence-corrected chi connectivity index (χ4v) is 2.53. The monoisotopic (exact) mass is 325 g/mol. The summed E-state index contributed by atoms with van der Waals surface area (Å²) in [6.07, 6.45) is 1.26. The highest BCUT2D eigenvalue weighted by atomic mass is 16.5. The van der Waals surface area contributed by atoms with Gasteiger partial charge in [0.2, 0.25) is 0 Å². The van der Waals surface area contributed by atoms with Crippen LogP contribution in [0.2, 0.25) is 0 Å². The quantitative estimate of drug-likeness (QED) is 0.730. The third-order valence-corrected chi connectivity index (χ3v) is 4.34. The molecule has 0 heterocycles. The van der Waals surface area contributed by atoms with Gasteiger partial charge in [0.15, 0.2) is 0 Å². The van der Waals surface area contributed by atoms with E-state index in [-0.39, 0.29) is 11.5 Å². The lowest BCUT2D eigenvalue weighted by Gasteiger charge is -2.19. The van der Waals surface area contributed by atoms with Crippen LogP contribution in [0.1, 0.15) is 57.7 Å². The number of hydrogen-bond donors (Lipinski definition) is 1. The third-order valence-electron chi connectivity index (χ3n) is 4.34. The minimum absolute atomic E-state index is 0.207. The maximum absolute atomic E-state index is 6.01. The molecule has 0 aliphatic heterocycles. The van der Waals surface area contributed by atoms with Gasteiger partial charge in [0.1, 0.15) is 5.75 Å². The number of rotatable bonds is 7. The predicted molar refractivity (Wildman–Crippen MR) is 103 cm³/mol. The zero-order chi connectivity index (χ0) is 17.6. The number of hydrogen-bond acceptors (Lipinski definition) is 2. The van der Waals surface area contributed by atoms with E-state index in [1.165, 1.54) is 16.7 Å².